The highest BCUT2D eigenvalue weighted by molar-refractivity contribution is 5.83. The number of rotatable bonds is 4. The van der Waals surface area contributed by atoms with Crippen LogP contribution in [0, 0.1) is 11.3 Å². The van der Waals surface area contributed by atoms with Crippen LogP contribution in [0.2, 0.25) is 0 Å². The number of likely N-dealkylation sites (N-methyl/N-ethyl adjacent to an activating group) is 1. The van der Waals surface area contributed by atoms with Gasteiger partial charge in [-0.2, -0.15) is 5.26 Å². The topological polar surface area (TPSA) is 56.1 Å². The van der Waals surface area contributed by atoms with E-state index in [1.165, 1.54) is 0 Å². The first kappa shape index (κ1) is 13.0. The fraction of sp³-hybridized carbons (Fsp3) is 0.385. The zero-order valence-corrected chi connectivity index (χ0v) is 10.4. The molecule has 17 heavy (non-hydrogen) atoms. The minimum absolute atomic E-state index is 0.0334. The molecule has 0 aromatic heterocycles. The summed E-state index contributed by atoms with van der Waals surface area (Å²) in [4.78, 5) is 13.2. The van der Waals surface area contributed by atoms with Gasteiger partial charge in [0, 0.05) is 19.8 Å². The molecule has 1 unspecified atom stereocenters. The van der Waals surface area contributed by atoms with Crippen molar-refractivity contribution in [2.75, 3.05) is 19.4 Å². The maximum absolute atomic E-state index is 11.6. The van der Waals surface area contributed by atoms with Gasteiger partial charge in [-0.25, -0.2) is 0 Å². The number of anilines is 1. The fourth-order valence-electron chi connectivity index (χ4n) is 1.51. The van der Waals surface area contributed by atoms with Crippen LogP contribution in [0.3, 0.4) is 0 Å². The monoisotopic (exact) mass is 231 g/mol. The van der Waals surface area contributed by atoms with Crippen LogP contribution in [0.4, 0.5) is 5.69 Å². The van der Waals surface area contributed by atoms with Gasteiger partial charge in [0.1, 0.15) is 6.04 Å². The fourth-order valence-corrected chi connectivity index (χ4v) is 1.51. The predicted octanol–water partition coefficient (Wildman–Crippen LogP) is 1.64. The third-order valence-corrected chi connectivity index (χ3v) is 2.43. The molecule has 0 saturated heterocycles. The van der Waals surface area contributed by atoms with E-state index in [1.807, 2.05) is 31.2 Å². The van der Waals surface area contributed by atoms with Crippen molar-refractivity contribution in [3.63, 3.8) is 0 Å². The van der Waals surface area contributed by atoms with E-state index < -0.39 is 0 Å². The van der Waals surface area contributed by atoms with E-state index in [1.54, 1.807) is 19.0 Å². The van der Waals surface area contributed by atoms with Crippen molar-refractivity contribution in [1.82, 2.24) is 4.90 Å². The van der Waals surface area contributed by atoms with E-state index in [9.17, 15) is 4.79 Å². The number of carbonyl (C=O) groups excluding carboxylic acids is 1. The van der Waals surface area contributed by atoms with Crippen molar-refractivity contribution in [2.24, 2.45) is 0 Å². The molecule has 0 aliphatic carbocycles. The number of nitriles is 1. The Morgan fingerprint density at radius 2 is 2.00 bits per heavy atom. The predicted molar refractivity (Wildman–Crippen MR) is 67.5 cm³/mol. The van der Waals surface area contributed by atoms with Crippen molar-refractivity contribution in [2.45, 2.75) is 19.4 Å². The second-order valence-electron chi connectivity index (χ2n) is 4.13. The quantitative estimate of drug-likeness (QED) is 0.857. The minimum Gasteiger partial charge on any atom is -0.374 e. The van der Waals surface area contributed by atoms with E-state index in [0.29, 0.717) is 6.42 Å². The second-order valence-corrected chi connectivity index (χ2v) is 4.13. The van der Waals surface area contributed by atoms with Crippen molar-refractivity contribution < 1.29 is 4.79 Å². The molecule has 0 heterocycles. The molecule has 1 rings (SSSR count). The Morgan fingerprint density at radius 3 is 2.47 bits per heavy atom. The number of benzene rings is 1. The highest BCUT2D eigenvalue weighted by Crippen LogP contribution is 2.11. The molecule has 1 aromatic carbocycles. The number of carbonyl (C=O) groups is 1. The molecule has 1 N–H and O–H groups in total. The van der Waals surface area contributed by atoms with Crippen molar-refractivity contribution in [1.29, 1.82) is 5.26 Å². The first-order valence-electron chi connectivity index (χ1n) is 5.48. The smallest absolute Gasteiger partial charge is 0.244 e. The zero-order chi connectivity index (χ0) is 12.8. The van der Waals surface area contributed by atoms with E-state index in [-0.39, 0.29) is 11.9 Å². The van der Waals surface area contributed by atoms with Crippen LogP contribution in [-0.4, -0.2) is 30.9 Å². The molecule has 0 spiro atoms. The summed E-state index contributed by atoms with van der Waals surface area (Å²) in [5.74, 6) is 0.0334. The van der Waals surface area contributed by atoms with Gasteiger partial charge in [0.25, 0.3) is 0 Å². The molecule has 1 amide bonds. The second kappa shape index (κ2) is 5.90. The van der Waals surface area contributed by atoms with Gasteiger partial charge in [0.15, 0.2) is 0 Å². The van der Waals surface area contributed by atoms with Crippen LogP contribution in [0.5, 0.6) is 0 Å². The Labute approximate surface area is 102 Å². The van der Waals surface area contributed by atoms with Crippen LogP contribution >= 0.6 is 0 Å². The van der Waals surface area contributed by atoms with E-state index >= 15 is 0 Å². The van der Waals surface area contributed by atoms with Crippen LogP contribution in [0.1, 0.15) is 12.5 Å². The first-order valence-corrected chi connectivity index (χ1v) is 5.48. The molecular weight excluding hydrogens is 214 g/mol. The number of amides is 1. The van der Waals surface area contributed by atoms with Crippen LogP contribution in [0.25, 0.3) is 0 Å². The first-order chi connectivity index (χ1) is 8.04. The maximum atomic E-state index is 11.6. The number of nitrogens with zero attached hydrogens (tertiary/aromatic N) is 2. The van der Waals surface area contributed by atoms with Crippen molar-refractivity contribution in [3.05, 3.63) is 29.8 Å². The summed E-state index contributed by atoms with van der Waals surface area (Å²) in [5, 5.41) is 11.7. The molecule has 0 fully saturated rings. The zero-order valence-electron chi connectivity index (χ0n) is 10.4. The number of hydrogen-bond donors (Lipinski definition) is 1. The van der Waals surface area contributed by atoms with Crippen LogP contribution in [-0.2, 0) is 11.2 Å². The number of hydrogen-bond acceptors (Lipinski definition) is 3. The summed E-state index contributed by atoms with van der Waals surface area (Å²) in [6.45, 7) is 1.82. The van der Waals surface area contributed by atoms with E-state index in [2.05, 4.69) is 11.4 Å². The molecule has 90 valence electrons. The SMILES string of the molecule is CC(Nc1ccc(CC#N)cc1)C(=O)N(C)C. The summed E-state index contributed by atoms with van der Waals surface area (Å²) in [5.41, 5.74) is 1.86. The normalized spacial score (nSPS) is 11.4. The Balaban J connectivity index is 2.63. The van der Waals surface area contributed by atoms with Gasteiger partial charge in [-0.1, -0.05) is 12.1 Å². The maximum Gasteiger partial charge on any atom is 0.244 e. The third-order valence-electron chi connectivity index (χ3n) is 2.43. The molecular formula is C13H17N3O. The lowest BCUT2D eigenvalue weighted by Crippen LogP contribution is -2.36. The summed E-state index contributed by atoms with van der Waals surface area (Å²) < 4.78 is 0. The van der Waals surface area contributed by atoms with Gasteiger partial charge in [-0.05, 0) is 24.6 Å². The van der Waals surface area contributed by atoms with Gasteiger partial charge >= 0.3 is 0 Å². The Hall–Kier alpha value is -2.02. The lowest BCUT2D eigenvalue weighted by Gasteiger charge is -2.19. The Kier molecular flexibility index (Phi) is 4.53. The molecule has 0 aliphatic rings. The average molecular weight is 231 g/mol. The van der Waals surface area contributed by atoms with E-state index in [0.717, 1.165) is 11.3 Å². The summed E-state index contributed by atoms with van der Waals surface area (Å²) >= 11 is 0. The van der Waals surface area contributed by atoms with Crippen LogP contribution < -0.4 is 5.32 Å². The Morgan fingerprint density at radius 1 is 1.41 bits per heavy atom. The summed E-state index contributed by atoms with van der Waals surface area (Å²) in [7, 11) is 3.47. The molecule has 0 bridgehead atoms. The van der Waals surface area contributed by atoms with Gasteiger partial charge in [-0.3, -0.25) is 4.79 Å². The Bertz CT molecular complexity index is 417. The van der Waals surface area contributed by atoms with Gasteiger partial charge in [-0.15, -0.1) is 0 Å². The lowest BCUT2D eigenvalue weighted by molar-refractivity contribution is -0.129. The molecule has 4 nitrogen and oxygen atoms in total. The molecule has 0 saturated carbocycles. The van der Waals surface area contributed by atoms with Gasteiger partial charge in [0.2, 0.25) is 5.91 Å². The van der Waals surface area contributed by atoms with Crippen molar-refractivity contribution in [3.8, 4) is 6.07 Å². The van der Waals surface area contributed by atoms with Gasteiger partial charge < -0.3 is 10.2 Å². The third kappa shape index (κ3) is 3.80. The molecule has 0 radical (unpaired) electrons. The largest absolute Gasteiger partial charge is 0.374 e. The lowest BCUT2D eigenvalue weighted by atomic mass is 10.1. The average Bonchev–Trinajstić information content (AvgIpc) is 2.30. The highest BCUT2D eigenvalue weighted by atomic mass is 16.2. The summed E-state index contributed by atoms with van der Waals surface area (Å²) in [6, 6.07) is 9.38. The molecule has 4 heteroatoms. The van der Waals surface area contributed by atoms with E-state index in [4.69, 9.17) is 5.26 Å². The standard InChI is InChI=1S/C13H17N3O/c1-10(13(17)16(2)3)15-12-6-4-11(5-7-12)8-9-14/h4-7,10,15H,8H2,1-3H3. The minimum atomic E-state index is -0.258. The number of nitrogens with one attached hydrogen (secondary N) is 1. The van der Waals surface area contributed by atoms with Crippen LogP contribution in [0.15, 0.2) is 24.3 Å². The van der Waals surface area contributed by atoms with Crippen molar-refractivity contribution >= 4 is 11.6 Å². The molecule has 1 atom stereocenters. The molecule has 0 aliphatic heterocycles. The highest BCUT2D eigenvalue weighted by Gasteiger charge is 2.13. The molecule has 1 aromatic rings. The van der Waals surface area contributed by atoms with Gasteiger partial charge in [0.05, 0.1) is 12.5 Å². The summed E-state index contributed by atoms with van der Waals surface area (Å²) in [6.07, 6.45) is 0.409.